The molecular formula is C19H24BrN. The zero-order chi connectivity index (χ0) is 15.1. The van der Waals surface area contributed by atoms with E-state index in [0.29, 0.717) is 12.0 Å². The minimum atomic E-state index is 0.366. The Morgan fingerprint density at radius 1 is 0.905 bits per heavy atom. The zero-order valence-electron chi connectivity index (χ0n) is 12.9. The predicted octanol–water partition coefficient (Wildman–Crippen LogP) is 5.68. The first-order chi connectivity index (χ1) is 10.3. The highest BCUT2D eigenvalue weighted by Crippen LogP contribution is 2.34. The molecule has 0 saturated carbocycles. The lowest BCUT2D eigenvalue weighted by molar-refractivity contribution is 0.435. The van der Waals surface area contributed by atoms with Crippen LogP contribution in [0.15, 0.2) is 59.1 Å². The molecule has 0 aromatic heterocycles. The van der Waals surface area contributed by atoms with Crippen LogP contribution in [0.5, 0.6) is 0 Å². The van der Waals surface area contributed by atoms with Gasteiger partial charge in [-0.3, -0.25) is 0 Å². The molecule has 0 amide bonds. The van der Waals surface area contributed by atoms with Crippen LogP contribution < -0.4 is 5.32 Å². The summed E-state index contributed by atoms with van der Waals surface area (Å²) in [6.07, 6.45) is 2.28. The lowest BCUT2D eigenvalue weighted by Gasteiger charge is -2.28. The van der Waals surface area contributed by atoms with Gasteiger partial charge in [0, 0.05) is 16.4 Å². The van der Waals surface area contributed by atoms with Crippen LogP contribution >= 0.6 is 15.9 Å². The van der Waals surface area contributed by atoms with E-state index in [1.54, 1.807) is 0 Å². The highest BCUT2D eigenvalue weighted by atomic mass is 79.9. The van der Waals surface area contributed by atoms with Gasteiger partial charge in [0.2, 0.25) is 0 Å². The second-order valence-electron chi connectivity index (χ2n) is 5.41. The SMILES string of the molecule is CCCNC(c1ccc(Br)cc1)C(CC)c1ccccc1. The molecule has 2 rings (SSSR count). The van der Waals surface area contributed by atoms with Gasteiger partial charge < -0.3 is 5.32 Å². The van der Waals surface area contributed by atoms with Crippen LogP contribution in [-0.2, 0) is 0 Å². The van der Waals surface area contributed by atoms with Gasteiger partial charge in [0.15, 0.2) is 0 Å². The molecule has 0 saturated heterocycles. The molecule has 0 spiro atoms. The maximum Gasteiger partial charge on any atom is 0.0389 e. The minimum Gasteiger partial charge on any atom is -0.309 e. The molecule has 1 nitrogen and oxygen atoms in total. The monoisotopic (exact) mass is 345 g/mol. The summed E-state index contributed by atoms with van der Waals surface area (Å²) < 4.78 is 1.13. The van der Waals surface area contributed by atoms with Crippen molar-refractivity contribution in [2.45, 2.75) is 38.6 Å². The third-order valence-electron chi connectivity index (χ3n) is 3.91. The van der Waals surface area contributed by atoms with Crippen molar-refractivity contribution in [3.63, 3.8) is 0 Å². The Morgan fingerprint density at radius 2 is 1.57 bits per heavy atom. The highest BCUT2D eigenvalue weighted by Gasteiger charge is 2.22. The van der Waals surface area contributed by atoms with Crippen molar-refractivity contribution < 1.29 is 0 Å². The molecule has 0 aliphatic carbocycles. The number of nitrogens with one attached hydrogen (secondary N) is 1. The van der Waals surface area contributed by atoms with Crippen molar-refractivity contribution in [3.05, 3.63) is 70.2 Å². The molecule has 112 valence electrons. The van der Waals surface area contributed by atoms with Gasteiger partial charge in [-0.2, -0.15) is 0 Å². The fourth-order valence-electron chi connectivity index (χ4n) is 2.83. The topological polar surface area (TPSA) is 12.0 Å². The molecule has 2 atom stereocenters. The Labute approximate surface area is 136 Å². The van der Waals surface area contributed by atoms with E-state index in [4.69, 9.17) is 0 Å². The van der Waals surface area contributed by atoms with Crippen LogP contribution in [0.25, 0.3) is 0 Å². The van der Waals surface area contributed by atoms with Crippen LogP contribution in [0, 0.1) is 0 Å². The van der Waals surface area contributed by atoms with Crippen LogP contribution in [0.1, 0.15) is 49.8 Å². The lowest BCUT2D eigenvalue weighted by Crippen LogP contribution is -2.27. The standard InChI is InChI=1S/C19H24BrN/c1-3-14-21-19(16-10-12-17(20)13-11-16)18(4-2)15-8-6-5-7-9-15/h5-13,18-19,21H,3-4,14H2,1-2H3. The van der Waals surface area contributed by atoms with Gasteiger partial charge in [0.25, 0.3) is 0 Å². The molecule has 2 heteroatoms. The van der Waals surface area contributed by atoms with Crippen molar-refractivity contribution in [3.8, 4) is 0 Å². The van der Waals surface area contributed by atoms with Crippen molar-refractivity contribution in [1.29, 1.82) is 0 Å². The van der Waals surface area contributed by atoms with Gasteiger partial charge in [-0.25, -0.2) is 0 Å². The summed E-state index contributed by atoms with van der Waals surface area (Å²) in [6.45, 7) is 5.54. The second-order valence-corrected chi connectivity index (χ2v) is 6.32. The van der Waals surface area contributed by atoms with E-state index >= 15 is 0 Å². The van der Waals surface area contributed by atoms with Crippen LogP contribution in [0.3, 0.4) is 0 Å². The quantitative estimate of drug-likeness (QED) is 0.680. The number of hydrogen-bond donors (Lipinski definition) is 1. The summed E-state index contributed by atoms with van der Waals surface area (Å²) in [4.78, 5) is 0. The Balaban J connectivity index is 2.31. The summed E-state index contributed by atoms with van der Waals surface area (Å²) in [6, 6.07) is 19.9. The first kappa shape index (κ1) is 16.3. The Kier molecular flexibility index (Phi) is 6.47. The van der Waals surface area contributed by atoms with Gasteiger partial charge in [0.05, 0.1) is 0 Å². The van der Waals surface area contributed by atoms with E-state index < -0.39 is 0 Å². The average molecular weight is 346 g/mol. The lowest BCUT2D eigenvalue weighted by atomic mass is 9.85. The van der Waals surface area contributed by atoms with Crippen LogP contribution in [0.4, 0.5) is 0 Å². The van der Waals surface area contributed by atoms with Gasteiger partial charge >= 0.3 is 0 Å². The van der Waals surface area contributed by atoms with Crippen LogP contribution in [0.2, 0.25) is 0 Å². The molecule has 21 heavy (non-hydrogen) atoms. The highest BCUT2D eigenvalue weighted by molar-refractivity contribution is 9.10. The largest absolute Gasteiger partial charge is 0.309 e. The summed E-state index contributed by atoms with van der Waals surface area (Å²) in [5, 5.41) is 3.74. The van der Waals surface area contributed by atoms with Gasteiger partial charge in [-0.1, -0.05) is 72.2 Å². The maximum absolute atomic E-state index is 3.74. The summed E-state index contributed by atoms with van der Waals surface area (Å²) >= 11 is 3.53. The third kappa shape index (κ3) is 4.42. The smallest absolute Gasteiger partial charge is 0.0389 e. The molecule has 0 aliphatic rings. The average Bonchev–Trinajstić information content (AvgIpc) is 2.53. The minimum absolute atomic E-state index is 0.366. The zero-order valence-corrected chi connectivity index (χ0v) is 14.4. The molecular weight excluding hydrogens is 322 g/mol. The maximum atomic E-state index is 3.74. The number of halogens is 1. The predicted molar refractivity (Wildman–Crippen MR) is 94.7 cm³/mol. The molecule has 0 heterocycles. The summed E-state index contributed by atoms with van der Waals surface area (Å²) in [7, 11) is 0. The fourth-order valence-corrected chi connectivity index (χ4v) is 3.09. The Morgan fingerprint density at radius 3 is 2.14 bits per heavy atom. The normalized spacial score (nSPS) is 13.9. The molecule has 2 aromatic carbocycles. The van der Waals surface area contributed by atoms with Crippen molar-refractivity contribution in [1.82, 2.24) is 5.32 Å². The Bertz CT molecular complexity index is 521. The first-order valence-corrected chi connectivity index (χ1v) is 8.59. The fraction of sp³-hybridized carbons (Fsp3) is 0.368. The summed E-state index contributed by atoms with van der Waals surface area (Å²) in [5.74, 6) is 0.499. The van der Waals surface area contributed by atoms with Crippen LogP contribution in [-0.4, -0.2) is 6.54 Å². The van der Waals surface area contributed by atoms with E-state index in [0.717, 1.165) is 23.9 Å². The van der Waals surface area contributed by atoms with Gasteiger partial charge in [-0.05, 0) is 42.6 Å². The number of rotatable bonds is 7. The van der Waals surface area contributed by atoms with Crippen molar-refractivity contribution in [2.75, 3.05) is 6.54 Å². The molecule has 0 radical (unpaired) electrons. The molecule has 0 aliphatic heterocycles. The molecule has 2 unspecified atom stereocenters. The molecule has 0 bridgehead atoms. The van der Waals surface area contributed by atoms with Gasteiger partial charge in [0.1, 0.15) is 0 Å². The molecule has 0 fully saturated rings. The summed E-state index contributed by atoms with van der Waals surface area (Å²) in [5.41, 5.74) is 2.78. The molecule has 1 N–H and O–H groups in total. The number of hydrogen-bond acceptors (Lipinski definition) is 1. The third-order valence-corrected chi connectivity index (χ3v) is 4.44. The number of benzene rings is 2. The second kappa shape index (κ2) is 8.35. The van der Waals surface area contributed by atoms with Crippen molar-refractivity contribution in [2.24, 2.45) is 0 Å². The van der Waals surface area contributed by atoms with E-state index in [9.17, 15) is 0 Å². The van der Waals surface area contributed by atoms with Gasteiger partial charge in [-0.15, -0.1) is 0 Å². The van der Waals surface area contributed by atoms with E-state index in [1.807, 2.05) is 0 Å². The van der Waals surface area contributed by atoms with E-state index in [-0.39, 0.29) is 0 Å². The van der Waals surface area contributed by atoms with E-state index in [2.05, 4.69) is 89.7 Å². The Hall–Kier alpha value is -1.12. The first-order valence-electron chi connectivity index (χ1n) is 7.80. The molecule has 2 aromatic rings. The van der Waals surface area contributed by atoms with E-state index in [1.165, 1.54) is 11.1 Å². The van der Waals surface area contributed by atoms with Crippen molar-refractivity contribution >= 4 is 15.9 Å².